The van der Waals surface area contributed by atoms with Gasteiger partial charge in [-0.1, -0.05) is 30.7 Å². The predicted molar refractivity (Wildman–Crippen MR) is 110 cm³/mol. The van der Waals surface area contributed by atoms with E-state index in [-0.39, 0.29) is 24.2 Å². The Hall–Kier alpha value is -2.89. The van der Waals surface area contributed by atoms with E-state index in [0.717, 1.165) is 36.1 Å². The Morgan fingerprint density at radius 1 is 1.28 bits per heavy atom. The van der Waals surface area contributed by atoms with Gasteiger partial charge < -0.3 is 15.0 Å². The Morgan fingerprint density at radius 2 is 2.14 bits per heavy atom. The molecule has 29 heavy (non-hydrogen) atoms. The van der Waals surface area contributed by atoms with Crippen LogP contribution < -0.4 is 10.1 Å². The summed E-state index contributed by atoms with van der Waals surface area (Å²) in [5.74, 6) is 0.899. The number of likely N-dealkylation sites (tertiary alicyclic amines) is 1. The highest BCUT2D eigenvalue weighted by Crippen LogP contribution is 2.41. The molecule has 2 saturated heterocycles. The summed E-state index contributed by atoms with van der Waals surface area (Å²) in [6.07, 6.45) is 7.19. The van der Waals surface area contributed by atoms with Crippen molar-refractivity contribution < 1.29 is 14.3 Å². The molecule has 3 heterocycles. The van der Waals surface area contributed by atoms with Crippen molar-refractivity contribution in [1.82, 2.24) is 15.2 Å². The summed E-state index contributed by atoms with van der Waals surface area (Å²) in [5, 5.41) is 3.29. The Balaban J connectivity index is 1.61. The van der Waals surface area contributed by atoms with Gasteiger partial charge in [-0.3, -0.25) is 14.6 Å². The molecule has 1 spiro atoms. The van der Waals surface area contributed by atoms with Crippen LogP contribution in [0.4, 0.5) is 0 Å². The number of rotatable bonds is 4. The molecule has 6 heteroatoms. The molecule has 1 aromatic heterocycles. The lowest BCUT2D eigenvalue weighted by atomic mass is 9.79. The molecule has 2 aliphatic rings. The van der Waals surface area contributed by atoms with Crippen molar-refractivity contribution in [2.24, 2.45) is 0 Å². The van der Waals surface area contributed by atoms with Crippen LogP contribution in [0.25, 0.3) is 0 Å². The monoisotopic (exact) mass is 393 g/mol. The predicted octanol–water partition coefficient (Wildman–Crippen LogP) is 2.69. The number of hydrogen-bond acceptors (Lipinski definition) is 4. The number of nitrogens with zero attached hydrogens (tertiary/aromatic N) is 2. The van der Waals surface area contributed by atoms with Gasteiger partial charge in [0, 0.05) is 43.4 Å². The number of hydrogen-bond donors (Lipinski definition) is 1. The standard InChI is InChI=1S/C23H27N3O3/c1-29-20-9-3-2-7-17(20)13-22(28)26-15-19(18-8-6-12-24-14-18)23(16-26)11-5-4-10-21(27)25-23/h2-3,6-9,12,14,19H,4-5,10-11,13,15-16H2,1H3,(H,25,27)/t19-,23+/m0/s1. The molecule has 6 nitrogen and oxygen atoms in total. The number of para-hydroxylation sites is 1. The van der Waals surface area contributed by atoms with Crippen LogP contribution in [0, 0.1) is 0 Å². The maximum atomic E-state index is 13.2. The van der Waals surface area contributed by atoms with Gasteiger partial charge in [0.1, 0.15) is 5.75 Å². The lowest BCUT2D eigenvalue weighted by Gasteiger charge is -2.34. The third-order valence-corrected chi connectivity index (χ3v) is 6.18. The molecule has 0 radical (unpaired) electrons. The number of nitrogens with one attached hydrogen (secondary N) is 1. The smallest absolute Gasteiger partial charge is 0.227 e. The van der Waals surface area contributed by atoms with E-state index in [4.69, 9.17) is 4.74 Å². The maximum Gasteiger partial charge on any atom is 0.227 e. The van der Waals surface area contributed by atoms with Crippen LogP contribution in [0.3, 0.4) is 0 Å². The van der Waals surface area contributed by atoms with E-state index in [2.05, 4.69) is 10.3 Å². The highest BCUT2D eigenvalue weighted by atomic mass is 16.5. The topological polar surface area (TPSA) is 71.5 Å². The van der Waals surface area contributed by atoms with Gasteiger partial charge in [-0.15, -0.1) is 0 Å². The minimum absolute atomic E-state index is 0.0415. The van der Waals surface area contributed by atoms with Crippen LogP contribution in [0.2, 0.25) is 0 Å². The maximum absolute atomic E-state index is 13.2. The number of aromatic nitrogens is 1. The van der Waals surface area contributed by atoms with Gasteiger partial charge in [0.2, 0.25) is 11.8 Å². The normalized spacial score (nSPS) is 24.2. The molecule has 0 bridgehead atoms. The molecule has 2 aliphatic heterocycles. The third-order valence-electron chi connectivity index (χ3n) is 6.18. The van der Waals surface area contributed by atoms with Gasteiger partial charge >= 0.3 is 0 Å². The fraction of sp³-hybridized carbons (Fsp3) is 0.435. The van der Waals surface area contributed by atoms with Crippen LogP contribution in [0.1, 0.15) is 42.7 Å². The second-order valence-corrected chi connectivity index (χ2v) is 8.01. The van der Waals surface area contributed by atoms with E-state index in [9.17, 15) is 9.59 Å². The lowest BCUT2D eigenvalue weighted by Crippen LogP contribution is -2.53. The molecule has 0 aliphatic carbocycles. The van der Waals surface area contributed by atoms with Gasteiger partial charge in [0.15, 0.2) is 0 Å². The lowest BCUT2D eigenvalue weighted by molar-refractivity contribution is -0.130. The average molecular weight is 393 g/mol. The van der Waals surface area contributed by atoms with Crippen molar-refractivity contribution in [3.05, 3.63) is 59.9 Å². The summed E-state index contributed by atoms with van der Waals surface area (Å²) in [4.78, 5) is 31.8. The van der Waals surface area contributed by atoms with E-state index in [1.165, 1.54) is 0 Å². The highest BCUT2D eigenvalue weighted by molar-refractivity contribution is 5.81. The average Bonchev–Trinajstić information content (AvgIpc) is 3.00. The van der Waals surface area contributed by atoms with Crippen molar-refractivity contribution in [2.45, 2.75) is 43.6 Å². The van der Waals surface area contributed by atoms with E-state index < -0.39 is 5.54 Å². The number of pyridine rings is 1. The Labute approximate surface area is 171 Å². The third kappa shape index (κ3) is 3.97. The molecule has 2 fully saturated rings. The summed E-state index contributed by atoms with van der Waals surface area (Å²) in [7, 11) is 1.62. The first kappa shape index (κ1) is 19.4. The van der Waals surface area contributed by atoms with Crippen LogP contribution >= 0.6 is 0 Å². The SMILES string of the molecule is COc1ccccc1CC(=O)N1C[C@@H](c2cccnc2)[C@@]2(CCCCC(=O)N2)C1. The number of benzene rings is 1. The largest absolute Gasteiger partial charge is 0.496 e. The Kier molecular flexibility index (Phi) is 5.51. The van der Waals surface area contributed by atoms with E-state index >= 15 is 0 Å². The second kappa shape index (κ2) is 8.23. The van der Waals surface area contributed by atoms with Gasteiger partial charge in [0.05, 0.1) is 19.1 Å². The van der Waals surface area contributed by atoms with Crippen molar-refractivity contribution in [3.8, 4) is 5.75 Å². The first-order valence-electron chi connectivity index (χ1n) is 10.2. The van der Waals surface area contributed by atoms with Gasteiger partial charge in [0.25, 0.3) is 0 Å². The first-order chi connectivity index (χ1) is 14.1. The Bertz CT molecular complexity index is 886. The molecule has 0 saturated carbocycles. The second-order valence-electron chi connectivity index (χ2n) is 8.01. The minimum Gasteiger partial charge on any atom is -0.496 e. The number of methoxy groups -OCH3 is 1. The zero-order chi connectivity index (χ0) is 20.3. The molecule has 2 atom stereocenters. The molecule has 2 amide bonds. The zero-order valence-electron chi connectivity index (χ0n) is 16.8. The quantitative estimate of drug-likeness (QED) is 0.867. The molecule has 0 unspecified atom stereocenters. The zero-order valence-corrected chi connectivity index (χ0v) is 16.8. The highest BCUT2D eigenvalue weighted by Gasteiger charge is 2.49. The number of carbonyl (C=O) groups excluding carboxylic acids is 2. The molecule has 152 valence electrons. The minimum atomic E-state index is -0.424. The Morgan fingerprint density at radius 3 is 2.93 bits per heavy atom. The summed E-state index contributed by atoms with van der Waals surface area (Å²) < 4.78 is 5.40. The van der Waals surface area contributed by atoms with Gasteiger partial charge in [-0.05, 0) is 30.5 Å². The molecule has 4 rings (SSSR count). The van der Waals surface area contributed by atoms with Crippen LogP contribution in [0.15, 0.2) is 48.8 Å². The van der Waals surface area contributed by atoms with E-state index in [0.29, 0.717) is 19.5 Å². The first-order valence-corrected chi connectivity index (χ1v) is 10.2. The van der Waals surface area contributed by atoms with Crippen LogP contribution in [-0.4, -0.2) is 47.4 Å². The number of carbonyl (C=O) groups is 2. The summed E-state index contributed by atoms with van der Waals surface area (Å²) in [6.45, 7) is 1.12. The van der Waals surface area contributed by atoms with Crippen molar-refractivity contribution in [2.75, 3.05) is 20.2 Å². The van der Waals surface area contributed by atoms with Crippen molar-refractivity contribution in [3.63, 3.8) is 0 Å². The van der Waals surface area contributed by atoms with E-state index in [1.807, 2.05) is 47.5 Å². The van der Waals surface area contributed by atoms with Gasteiger partial charge in [-0.25, -0.2) is 0 Å². The summed E-state index contributed by atoms with van der Waals surface area (Å²) >= 11 is 0. The van der Waals surface area contributed by atoms with Gasteiger partial charge in [-0.2, -0.15) is 0 Å². The summed E-state index contributed by atoms with van der Waals surface area (Å²) in [6, 6.07) is 11.6. The number of amides is 2. The summed E-state index contributed by atoms with van der Waals surface area (Å²) in [5.41, 5.74) is 1.53. The van der Waals surface area contributed by atoms with Crippen molar-refractivity contribution >= 4 is 11.8 Å². The molecule has 1 aromatic carbocycles. The molecule has 2 aromatic rings. The fourth-order valence-electron chi connectivity index (χ4n) is 4.74. The molecule has 1 N–H and O–H groups in total. The fourth-order valence-corrected chi connectivity index (χ4v) is 4.74. The van der Waals surface area contributed by atoms with Crippen LogP contribution in [0.5, 0.6) is 5.75 Å². The van der Waals surface area contributed by atoms with Crippen molar-refractivity contribution in [1.29, 1.82) is 0 Å². The number of ether oxygens (including phenoxy) is 1. The van der Waals surface area contributed by atoms with Crippen LogP contribution in [-0.2, 0) is 16.0 Å². The van der Waals surface area contributed by atoms with E-state index in [1.54, 1.807) is 13.3 Å². The molecular formula is C23H27N3O3. The molecular weight excluding hydrogens is 366 g/mol.